The van der Waals surface area contributed by atoms with Crippen LogP contribution in [0.1, 0.15) is 36.2 Å². The molecule has 3 heteroatoms. The summed E-state index contributed by atoms with van der Waals surface area (Å²) in [6.45, 7) is 7.99. The Labute approximate surface area is 110 Å². The van der Waals surface area contributed by atoms with Gasteiger partial charge in [-0.15, -0.1) is 0 Å². The first kappa shape index (κ1) is 14.7. The zero-order chi connectivity index (χ0) is 13.5. The second kappa shape index (κ2) is 7.17. The number of amides is 1. The van der Waals surface area contributed by atoms with E-state index in [1.807, 2.05) is 45.0 Å². The topological polar surface area (TPSA) is 32.3 Å². The van der Waals surface area contributed by atoms with E-state index < -0.39 is 0 Å². The van der Waals surface area contributed by atoms with Gasteiger partial charge in [-0.2, -0.15) is 0 Å². The molecule has 1 heterocycles. The van der Waals surface area contributed by atoms with E-state index in [9.17, 15) is 4.79 Å². The molecule has 1 aromatic rings. The van der Waals surface area contributed by atoms with Crippen molar-refractivity contribution in [1.29, 1.82) is 0 Å². The van der Waals surface area contributed by atoms with Crippen molar-refractivity contribution in [2.45, 2.75) is 33.2 Å². The average molecular weight is 248 g/mol. The Morgan fingerprint density at radius 3 is 2.56 bits per heavy atom. The maximum Gasteiger partial charge on any atom is 0.251 e. The summed E-state index contributed by atoms with van der Waals surface area (Å²) >= 11 is 0. The van der Waals surface area contributed by atoms with Crippen LogP contribution in [0.15, 0.2) is 24.3 Å². The maximum atomic E-state index is 12.0. The lowest BCUT2D eigenvalue weighted by atomic mass is 10.1. The molecule has 1 aliphatic rings. The highest BCUT2D eigenvalue weighted by Gasteiger charge is 2.21. The number of carbonyl (C=O) groups excluding carboxylic acids is 1. The zero-order valence-corrected chi connectivity index (χ0v) is 11.9. The highest BCUT2D eigenvalue weighted by atomic mass is 16.1. The second-order valence-electron chi connectivity index (χ2n) is 4.54. The van der Waals surface area contributed by atoms with Gasteiger partial charge in [-0.3, -0.25) is 4.79 Å². The van der Waals surface area contributed by atoms with Crippen LogP contribution in [0.3, 0.4) is 0 Å². The van der Waals surface area contributed by atoms with Crippen molar-refractivity contribution >= 4 is 5.91 Å². The van der Waals surface area contributed by atoms with Crippen LogP contribution >= 0.6 is 0 Å². The lowest BCUT2D eigenvalue weighted by Gasteiger charge is -2.13. The zero-order valence-electron chi connectivity index (χ0n) is 11.9. The van der Waals surface area contributed by atoms with Gasteiger partial charge >= 0.3 is 0 Å². The standard InChI is InChI=1S/C13H18N2O.C2H6/c1-10-5-3-4-6-12(10)13(16)14-11-7-8-15(2)9-11;1-2/h3-6,11H,7-9H2,1-2H3,(H,14,16);1-2H3. The lowest BCUT2D eigenvalue weighted by Crippen LogP contribution is -2.36. The number of nitrogens with zero attached hydrogens (tertiary/aromatic N) is 1. The van der Waals surface area contributed by atoms with Gasteiger partial charge in [0.1, 0.15) is 0 Å². The molecule has 1 atom stereocenters. The van der Waals surface area contributed by atoms with Gasteiger partial charge < -0.3 is 10.2 Å². The molecule has 0 aliphatic carbocycles. The Hall–Kier alpha value is -1.35. The van der Waals surface area contributed by atoms with Crippen molar-refractivity contribution < 1.29 is 4.79 Å². The van der Waals surface area contributed by atoms with E-state index in [1.165, 1.54) is 0 Å². The summed E-state index contributed by atoms with van der Waals surface area (Å²) in [5.41, 5.74) is 1.82. The first-order valence-corrected chi connectivity index (χ1v) is 6.72. The number of carbonyl (C=O) groups is 1. The fourth-order valence-electron chi connectivity index (χ4n) is 2.14. The van der Waals surface area contributed by atoms with E-state index in [1.54, 1.807) is 0 Å². The van der Waals surface area contributed by atoms with Gasteiger partial charge in [0.05, 0.1) is 0 Å². The highest BCUT2D eigenvalue weighted by molar-refractivity contribution is 5.95. The molecular formula is C15H24N2O. The molecule has 0 bridgehead atoms. The Morgan fingerprint density at radius 1 is 1.33 bits per heavy atom. The summed E-state index contributed by atoms with van der Waals surface area (Å²) in [5.74, 6) is 0.0541. The molecule has 0 aromatic heterocycles. The second-order valence-corrected chi connectivity index (χ2v) is 4.54. The van der Waals surface area contributed by atoms with Crippen molar-refractivity contribution in [2.75, 3.05) is 20.1 Å². The summed E-state index contributed by atoms with van der Waals surface area (Å²) in [4.78, 5) is 14.2. The van der Waals surface area contributed by atoms with Gasteiger partial charge in [-0.05, 0) is 38.6 Å². The van der Waals surface area contributed by atoms with Gasteiger partial charge in [0.15, 0.2) is 0 Å². The Bertz CT molecular complexity index is 390. The van der Waals surface area contributed by atoms with E-state index in [0.29, 0.717) is 6.04 Å². The predicted octanol–water partition coefficient (Wildman–Crippen LogP) is 2.46. The van der Waals surface area contributed by atoms with E-state index in [-0.39, 0.29) is 5.91 Å². The third-order valence-corrected chi connectivity index (χ3v) is 3.12. The number of hydrogen-bond acceptors (Lipinski definition) is 2. The molecule has 1 aliphatic heterocycles. The van der Waals surface area contributed by atoms with Crippen LogP contribution < -0.4 is 5.32 Å². The van der Waals surface area contributed by atoms with Gasteiger partial charge in [-0.1, -0.05) is 32.0 Å². The van der Waals surface area contributed by atoms with Crippen molar-refractivity contribution in [3.8, 4) is 0 Å². The Kier molecular flexibility index (Phi) is 5.86. The molecule has 100 valence electrons. The van der Waals surface area contributed by atoms with Crippen molar-refractivity contribution in [3.05, 3.63) is 35.4 Å². The molecule has 3 nitrogen and oxygen atoms in total. The summed E-state index contributed by atoms with van der Waals surface area (Å²) in [6.07, 6.45) is 1.05. The highest BCUT2D eigenvalue weighted by Crippen LogP contribution is 2.10. The number of likely N-dealkylation sites (tertiary alicyclic amines) is 1. The number of hydrogen-bond donors (Lipinski definition) is 1. The van der Waals surface area contributed by atoms with Gasteiger partial charge in [0.2, 0.25) is 0 Å². The van der Waals surface area contributed by atoms with E-state index in [2.05, 4.69) is 17.3 Å². The minimum absolute atomic E-state index is 0.0541. The Balaban J connectivity index is 0.000000771. The Morgan fingerprint density at radius 2 is 2.00 bits per heavy atom. The minimum Gasteiger partial charge on any atom is -0.348 e. The van der Waals surface area contributed by atoms with Crippen molar-refractivity contribution in [1.82, 2.24) is 10.2 Å². The van der Waals surface area contributed by atoms with Crippen molar-refractivity contribution in [2.24, 2.45) is 0 Å². The smallest absolute Gasteiger partial charge is 0.251 e. The van der Waals surface area contributed by atoms with Crippen molar-refractivity contribution in [3.63, 3.8) is 0 Å². The monoisotopic (exact) mass is 248 g/mol. The molecular weight excluding hydrogens is 224 g/mol. The lowest BCUT2D eigenvalue weighted by molar-refractivity contribution is 0.0938. The minimum atomic E-state index is 0.0541. The summed E-state index contributed by atoms with van der Waals surface area (Å²) in [6, 6.07) is 8.01. The number of rotatable bonds is 2. The normalized spacial score (nSPS) is 19.0. The summed E-state index contributed by atoms with van der Waals surface area (Å²) in [5, 5.41) is 3.09. The van der Waals surface area contributed by atoms with Crippen LogP contribution in [0.4, 0.5) is 0 Å². The molecule has 1 aromatic carbocycles. The molecule has 1 amide bonds. The fraction of sp³-hybridized carbons (Fsp3) is 0.533. The third-order valence-electron chi connectivity index (χ3n) is 3.12. The molecule has 1 saturated heterocycles. The largest absolute Gasteiger partial charge is 0.348 e. The predicted molar refractivity (Wildman–Crippen MR) is 75.9 cm³/mol. The molecule has 0 saturated carbocycles. The summed E-state index contributed by atoms with van der Waals surface area (Å²) < 4.78 is 0. The molecule has 1 unspecified atom stereocenters. The van der Waals surface area contributed by atoms with Crippen LogP contribution in [-0.2, 0) is 0 Å². The molecule has 18 heavy (non-hydrogen) atoms. The van der Waals surface area contributed by atoms with Crippen LogP contribution in [0.2, 0.25) is 0 Å². The maximum absolute atomic E-state index is 12.0. The molecule has 0 spiro atoms. The fourth-order valence-corrected chi connectivity index (χ4v) is 2.14. The summed E-state index contributed by atoms with van der Waals surface area (Å²) in [7, 11) is 2.08. The van der Waals surface area contributed by atoms with Crippen LogP contribution in [0.5, 0.6) is 0 Å². The quantitative estimate of drug-likeness (QED) is 0.872. The molecule has 1 fully saturated rings. The number of aryl methyl sites for hydroxylation is 1. The van der Waals surface area contributed by atoms with E-state index in [0.717, 1.165) is 30.6 Å². The number of likely N-dealkylation sites (N-methyl/N-ethyl adjacent to an activating group) is 1. The molecule has 2 rings (SSSR count). The van der Waals surface area contributed by atoms with E-state index in [4.69, 9.17) is 0 Å². The van der Waals surface area contributed by atoms with Gasteiger partial charge in [0, 0.05) is 18.2 Å². The third kappa shape index (κ3) is 3.84. The molecule has 1 N–H and O–H groups in total. The van der Waals surface area contributed by atoms with E-state index >= 15 is 0 Å². The first-order chi connectivity index (χ1) is 8.66. The van der Waals surface area contributed by atoms with Crippen LogP contribution in [0, 0.1) is 6.92 Å². The van der Waals surface area contributed by atoms with Gasteiger partial charge in [0.25, 0.3) is 5.91 Å². The number of benzene rings is 1. The average Bonchev–Trinajstić information content (AvgIpc) is 2.78. The SMILES string of the molecule is CC.Cc1ccccc1C(=O)NC1CCN(C)C1. The van der Waals surface area contributed by atoms with Gasteiger partial charge in [-0.25, -0.2) is 0 Å². The number of nitrogens with one attached hydrogen (secondary N) is 1. The van der Waals surface area contributed by atoms with Crippen LogP contribution in [0.25, 0.3) is 0 Å². The van der Waals surface area contributed by atoms with Crippen LogP contribution in [-0.4, -0.2) is 37.0 Å². The first-order valence-electron chi connectivity index (χ1n) is 6.72. The molecule has 0 radical (unpaired) electrons.